The van der Waals surface area contributed by atoms with Gasteiger partial charge < -0.3 is 10.3 Å². The summed E-state index contributed by atoms with van der Waals surface area (Å²) in [6.45, 7) is 0. The van der Waals surface area contributed by atoms with Crippen molar-refractivity contribution in [3.05, 3.63) is 12.2 Å². The lowest BCUT2D eigenvalue weighted by Gasteiger charge is -2.31. The molecule has 2 heterocycles. The molecule has 0 amide bonds. The Labute approximate surface area is 104 Å². The fraction of sp³-hybridized carbons (Fsp3) is 0.636. The van der Waals surface area contributed by atoms with E-state index in [0.29, 0.717) is 24.0 Å². The second-order valence-electron chi connectivity index (χ2n) is 4.95. The summed E-state index contributed by atoms with van der Waals surface area (Å²) in [5.41, 5.74) is 6.16. The third kappa shape index (κ3) is 2.26. The van der Waals surface area contributed by atoms with Crippen molar-refractivity contribution in [2.45, 2.75) is 44.1 Å². The number of H-pyrrole nitrogens is 1. The van der Waals surface area contributed by atoms with E-state index in [4.69, 9.17) is 10.3 Å². The highest BCUT2D eigenvalue weighted by Gasteiger charge is 2.30. The molecule has 0 saturated heterocycles. The maximum Gasteiger partial charge on any atom is 0.239 e. The first kappa shape index (κ1) is 11.3. The molecule has 0 aromatic carbocycles. The first-order chi connectivity index (χ1) is 8.75. The molecule has 3 N–H and O–H groups in total. The summed E-state index contributed by atoms with van der Waals surface area (Å²) < 4.78 is 5.23. The molecule has 2 aromatic rings. The lowest BCUT2D eigenvalue weighted by atomic mass is 9.80. The van der Waals surface area contributed by atoms with Gasteiger partial charge in [-0.3, -0.25) is 5.10 Å². The predicted octanol–water partition coefficient (Wildman–Crippen LogP) is 1.06. The van der Waals surface area contributed by atoms with Gasteiger partial charge in [0.25, 0.3) is 0 Å². The van der Waals surface area contributed by atoms with Crippen molar-refractivity contribution in [2.24, 2.45) is 5.73 Å². The number of hydrogen-bond acceptors (Lipinski definition) is 6. The van der Waals surface area contributed by atoms with Crippen LogP contribution in [0.25, 0.3) is 11.6 Å². The van der Waals surface area contributed by atoms with Gasteiger partial charge in [0.1, 0.15) is 6.33 Å². The molecule has 0 spiro atoms. The van der Waals surface area contributed by atoms with Crippen LogP contribution in [0.5, 0.6) is 0 Å². The Bertz CT molecular complexity index is 499. The van der Waals surface area contributed by atoms with Crippen molar-refractivity contribution in [1.82, 2.24) is 25.3 Å². The Morgan fingerprint density at radius 1 is 1.33 bits per heavy atom. The van der Waals surface area contributed by atoms with Gasteiger partial charge >= 0.3 is 0 Å². The topological polar surface area (TPSA) is 107 Å². The second kappa shape index (κ2) is 4.49. The molecule has 0 radical (unpaired) electrons. The zero-order chi connectivity index (χ0) is 12.4. The molecular weight excluding hydrogens is 232 g/mol. The summed E-state index contributed by atoms with van der Waals surface area (Å²) in [5, 5.41) is 10.3. The summed E-state index contributed by atoms with van der Waals surface area (Å²) in [6, 6.07) is 0. The number of rotatable bonds is 3. The van der Waals surface area contributed by atoms with E-state index in [2.05, 4.69) is 25.3 Å². The minimum absolute atomic E-state index is 0.191. The van der Waals surface area contributed by atoms with Crippen molar-refractivity contribution >= 4 is 0 Å². The van der Waals surface area contributed by atoms with Gasteiger partial charge in [0.2, 0.25) is 11.7 Å². The van der Waals surface area contributed by atoms with E-state index >= 15 is 0 Å². The van der Waals surface area contributed by atoms with Gasteiger partial charge in [0.15, 0.2) is 5.82 Å². The lowest BCUT2D eigenvalue weighted by molar-refractivity contribution is 0.261. The molecule has 0 atom stereocenters. The van der Waals surface area contributed by atoms with E-state index in [1.54, 1.807) is 0 Å². The summed E-state index contributed by atoms with van der Waals surface area (Å²) in [7, 11) is 0. The van der Waals surface area contributed by atoms with E-state index in [9.17, 15) is 0 Å². The van der Waals surface area contributed by atoms with Crippen LogP contribution >= 0.6 is 0 Å². The van der Waals surface area contributed by atoms with E-state index in [0.717, 1.165) is 12.8 Å². The van der Waals surface area contributed by atoms with Gasteiger partial charge in [-0.25, -0.2) is 4.98 Å². The molecule has 0 aliphatic heterocycles. The SMILES string of the molecule is NC1(Cc2nc(-c3ncn[nH]3)no2)CCCCC1. The molecule has 1 saturated carbocycles. The molecule has 0 unspecified atom stereocenters. The Hall–Kier alpha value is -1.76. The third-order valence-electron chi connectivity index (χ3n) is 3.45. The fourth-order valence-electron chi connectivity index (χ4n) is 2.47. The molecule has 1 aliphatic rings. The van der Waals surface area contributed by atoms with Crippen molar-refractivity contribution in [2.75, 3.05) is 0 Å². The van der Waals surface area contributed by atoms with Crippen LogP contribution in [-0.2, 0) is 6.42 Å². The summed E-state index contributed by atoms with van der Waals surface area (Å²) in [4.78, 5) is 8.28. The monoisotopic (exact) mass is 248 g/mol. The van der Waals surface area contributed by atoms with Gasteiger partial charge in [-0.15, -0.1) is 0 Å². The van der Waals surface area contributed by atoms with Crippen LogP contribution in [0.15, 0.2) is 10.9 Å². The van der Waals surface area contributed by atoms with Crippen molar-refractivity contribution < 1.29 is 4.52 Å². The van der Waals surface area contributed by atoms with Crippen LogP contribution in [0.1, 0.15) is 38.0 Å². The van der Waals surface area contributed by atoms with Crippen LogP contribution in [0.2, 0.25) is 0 Å². The molecule has 96 valence electrons. The van der Waals surface area contributed by atoms with Crippen molar-refractivity contribution in [1.29, 1.82) is 0 Å². The number of nitrogens with one attached hydrogen (secondary N) is 1. The molecule has 18 heavy (non-hydrogen) atoms. The zero-order valence-corrected chi connectivity index (χ0v) is 10.1. The first-order valence-electron chi connectivity index (χ1n) is 6.22. The Morgan fingerprint density at radius 2 is 2.17 bits per heavy atom. The van der Waals surface area contributed by atoms with Crippen LogP contribution < -0.4 is 5.73 Å². The van der Waals surface area contributed by atoms with Gasteiger partial charge in [-0.05, 0) is 12.8 Å². The molecule has 7 heteroatoms. The van der Waals surface area contributed by atoms with E-state index in [-0.39, 0.29) is 5.54 Å². The highest BCUT2D eigenvalue weighted by molar-refractivity contribution is 5.39. The maximum absolute atomic E-state index is 6.36. The second-order valence-corrected chi connectivity index (χ2v) is 4.95. The summed E-state index contributed by atoms with van der Waals surface area (Å²) in [5.74, 6) is 1.52. The molecule has 2 aromatic heterocycles. The average molecular weight is 248 g/mol. The van der Waals surface area contributed by atoms with Gasteiger partial charge in [-0.2, -0.15) is 10.1 Å². The zero-order valence-electron chi connectivity index (χ0n) is 10.1. The van der Waals surface area contributed by atoms with Crippen LogP contribution in [0, 0.1) is 0 Å². The smallest absolute Gasteiger partial charge is 0.239 e. The van der Waals surface area contributed by atoms with Gasteiger partial charge in [0, 0.05) is 12.0 Å². The van der Waals surface area contributed by atoms with Crippen molar-refractivity contribution in [3.8, 4) is 11.6 Å². The van der Waals surface area contributed by atoms with Gasteiger partial charge in [0.05, 0.1) is 0 Å². The standard InChI is InChI=1S/C11H16N6O/c12-11(4-2-1-3-5-11)6-8-15-10(17-18-8)9-13-7-14-16-9/h7H,1-6,12H2,(H,13,14,16). The minimum Gasteiger partial charge on any atom is -0.339 e. The average Bonchev–Trinajstić information content (AvgIpc) is 2.99. The number of nitrogens with zero attached hydrogens (tertiary/aromatic N) is 4. The van der Waals surface area contributed by atoms with Crippen LogP contribution in [-0.4, -0.2) is 30.9 Å². The number of nitrogens with two attached hydrogens (primary N) is 1. The molecule has 3 rings (SSSR count). The fourth-order valence-corrected chi connectivity index (χ4v) is 2.47. The van der Waals surface area contributed by atoms with Crippen molar-refractivity contribution in [3.63, 3.8) is 0 Å². The number of aromatic amines is 1. The molecular formula is C11H16N6O. The Balaban J connectivity index is 1.73. The van der Waals surface area contributed by atoms with E-state index in [1.165, 1.54) is 25.6 Å². The highest BCUT2D eigenvalue weighted by atomic mass is 16.5. The highest BCUT2D eigenvalue weighted by Crippen LogP contribution is 2.28. The van der Waals surface area contributed by atoms with E-state index in [1.807, 2.05) is 0 Å². The minimum atomic E-state index is -0.191. The molecule has 1 aliphatic carbocycles. The molecule has 7 nitrogen and oxygen atoms in total. The lowest BCUT2D eigenvalue weighted by Crippen LogP contribution is -2.43. The summed E-state index contributed by atoms with van der Waals surface area (Å²) in [6.07, 6.45) is 7.72. The third-order valence-corrected chi connectivity index (χ3v) is 3.45. The first-order valence-corrected chi connectivity index (χ1v) is 6.22. The number of hydrogen-bond donors (Lipinski definition) is 2. The predicted molar refractivity (Wildman–Crippen MR) is 63.4 cm³/mol. The molecule has 1 fully saturated rings. The van der Waals surface area contributed by atoms with Crippen LogP contribution in [0.3, 0.4) is 0 Å². The quantitative estimate of drug-likeness (QED) is 0.841. The Kier molecular flexibility index (Phi) is 2.83. The largest absolute Gasteiger partial charge is 0.339 e. The maximum atomic E-state index is 6.36. The van der Waals surface area contributed by atoms with Gasteiger partial charge in [-0.1, -0.05) is 24.4 Å². The molecule has 0 bridgehead atoms. The van der Waals surface area contributed by atoms with Crippen LogP contribution in [0.4, 0.5) is 0 Å². The van der Waals surface area contributed by atoms with E-state index < -0.39 is 0 Å². The Morgan fingerprint density at radius 3 is 2.89 bits per heavy atom. The number of aromatic nitrogens is 5. The summed E-state index contributed by atoms with van der Waals surface area (Å²) >= 11 is 0. The normalized spacial score (nSPS) is 18.9.